The molecule has 0 saturated heterocycles. The third kappa shape index (κ3) is 2.63. The summed E-state index contributed by atoms with van der Waals surface area (Å²) in [6.45, 7) is 5.49. The largest absolute Gasteiger partial charge is 0.486 e. The van der Waals surface area contributed by atoms with Gasteiger partial charge in [-0.25, -0.2) is 0 Å². The first-order chi connectivity index (χ1) is 9.74. The number of aromatic nitrogens is 2. The van der Waals surface area contributed by atoms with Gasteiger partial charge in [0.15, 0.2) is 11.5 Å². The van der Waals surface area contributed by atoms with Crippen LogP contribution in [0.25, 0.3) is 0 Å². The highest BCUT2D eigenvalue weighted by Crippen LogP contribution is 2.33. The van der Waals surface area contributed by atoms with E-state index < -0.39 is 0 Å². The molecule has 5 nitrogen and oxygen atoms in total. The Labute approximate surface area is 118 Å². The molecule has 2 aromatic rings. The van der Waals surface area contributed by atoms with Crippen molar-refractivity contribution in [3.63, 3.8) is 0 Å². The molecule has 1 aliphatic heterocycles. The Balaban J connectivity index is 1.72. The van der Waals surface area contributed by atoms with Crippen molar-refractivity contribution >= 4 is 0 Å². The zero-order valence-corrected chi connectivity index (χ0v) is 11.7. The first kappa shape index (κ1) is 13.0. The summed E-state index contributed by atoms with van der Waals surface area (Å²) in [5.41, 5.74) is 2.26. The highest BCUT2D eigenvalue weighted by Gasteiger charge is 2.16. The van der Waals surface area contributed by atoms with E-state index in [1.54, 1.807) is 6.20 Å². The number of hydrogen-bond acceptors (Lipinski definition) is 4. The maximum atomic E-state index is 5.62. The van der Waals surface area contributed by atoms with E-state index in [9.17, 15) is 0 Å². The van der Waals surface area contributed by atoms with Gasteiger partial charge >= 0.3 is 0 Å². The van der Waals surface area contributed by atoms with E-state index in [-0.39, 0.29) is 12.1 Å². The number of ether oxygens (including phenoxy) is 2. The minimum Gasteiger partial charge on any atom is -0.486 e. The van der Waals surface area contributed by atoms with Gasteiger partial charge in [0.2, 0.25) is 0 Å². The lowest BCUT2D eigenvalue weighted by atomic mass is 10.1. The number of benzene rings is 1. The van der Waals surface area contributed by atoms with Crippen molar-refractivity contribution in [1.29, 1.82) is 0 Å². The van der Waals surface area contributed by atoms with E-state index in [0.717, 1.165) is 17.2 Å². The van der Waals surface area contributed by atoms with Crippen LogP contribution in [0.4, 0.5) is 0 Å². The fraction of sp³-hybridized carbons (Fsp3) is 0.400. The number of H-pyrrole nitrogens is 1. The molecule has 0 spiro atoms. The fourth-order valence-corrected chi connectivity index (χ4v) is 2.40. The Bertz CT molecular complexity index is 569. The van der Waals surface area contributed by atoms with E-state index in [1.165, 1.54) is 5.56 Å². The van der Waals surface area contributed by atoms with Crippen LogP contribution < -0.4 is 14.8 Å². The lowest BCUT2D eigenvalue weighted by Gasteiger charge is -2.23. The van der Waals surface area contributed by atoms with Crippen molar-refractivity contribution in [2.45, 2.75) is 25.9 Å². The Kier molecular flexibility index (Phi) is 3.60. The van der Waals surface area contributed by atoms with Gasteiger partial charge in [0.25, 0.3) is 0 Å². The van der Waals surface area contributed by atoms with E-state index in [0.29, 0.717) is 13.2 Å². The molecule has 2 N–H and O–H groups in total. The lowest BCUT2D eigenvalue weighted by molar-refractivity contribution is 0.171. The molecule has 0 amide bonds. The molecule has 20 heavy (non-hydrogen) atoms. The molecular formula is C15H19N3O2. The van der Waals surface area contributed by atoms with Crippen LogP contribution in [0, 0.1) is 0 Å². The van der Waals surface area contributed by atoms with Crippen LogP contribution >= 0.6 is 0 Å². The Hall–Kier alpha value is -2.01. The molecule has 106 valence electrons. The zero-order valence-electron chi connectivity index (χ0n) is 11.7. The third-order valence-electron chi connectivity index (χ3n) is 3.56. The number of fused-ring (bicyclic) bond motifs is 1. The summed E-state index contributed by atoms with van der Waals surface area (Å²) in [5.74, 6) is 1.66. The second-order valence-electron chi connectivity index (χ2n) is 5.03. The second kappa shape index (κ2) is 5.54. The summed E-state index contributed by atoms with van der Waals surface area (Å²) < 4.78 is 11.2. The van der Waals surface area contributed by atoms with E-state index in [1.807, 2.05) is 18.2 Å². The molecule has 0 aliphatic carbocycles. The molecule has 0 saturated carbocycles. The van der Waals surface area contributed by atoms with Gasteiger partial charge in [-0.15, -0.1) is 0 Å². The minimum absolute atomic E-state index is 0.209. The first-order valence-corrected chi connectivity index (χ1v) is 6.89. The smallest absolute Gasteiger partial charge is 0.161 e. The van der Waals surface area contributed by atoms with Crippen molar-refractivity contribution < 1.29 is 9.47 Å². The molecule has 2 atom stereocenters. The topological polar surface area (TPSA) is 59.2 Å². The molecule has 3 rings (SSSR count). The molecule has 0 fully saturated rings. The van der Waals surface area contributed by atoms with Crippen molar-refractivity contribution in [3.05, 3.63) is 41.7 Å². The summed E-state index contributed by atoms with van der Waals surface area (Å²) in [6, 6.07) is 8.50. The molecule has 2 heterocycles. The molecule has 1 aromatic heterocycles. The van der Waals surface area contributed by atoms with Crippen molar-refractivity contribution in [3.8, 4) is 11.5 Å². The monoisotopic (exact) mass is 273 g/mol. The van der Waals surface area contributed by atoms with Gasteiger partial charge in [0, 0.05) is 18.3 Å². The predicted molar refractivity (Wildman–Crippen MR) is 76.0 cm³/mol. The second-order valence-corrected chi connectivity index (χ2v) is 5.03. The van der Waals surface area contributed by atoms with Crippen molar-refractivity contribution in [2.24, 2.45) is 0 Å². The highest BCUT2D eigenvalue weighted by atomic mass is 16.6. The molecule has 0 bridgehead atoms. The predicted octanol–water partition coefficient (Wildman–Crippen LogP) is 2.59. The zero-order chi connectivity index (χ0) is 13.9. The maximum Gasteiger partial charge on any atom is 0.161 e. The van der Waals surface area contributed by atoms with E-state index in [4.69, 9.17) is 9.47 Å². The van der Waals surface area contributed by atoms with Gasteiger partial charge in [-0.3, -0.25) is 5.10 Å². The molecule has 1 aliphatic rings. The van der Waals surface area contributed by atoms with Crippen molar-refractivity contribution in [2.75, 3.05) is 13.2 Å². The summed E-state index contributed by atoms with van der Waals surface area (Å²) in [5, 5.41) is 10.5. The van der Waals surface area contributed by atoms with Gasteiger partial charge in [-0.05, 0) is 37.6 Å². The SMILES string of the molecule is CC(NC(C)c1ccn[nH]1)c1ccc2c(c1)OCCO2. The first-order valence-electron chi connectivity index (χ1n) is 6.89. The maximum absolute atomic E-state index is 5.62. The molecule has 5 heteroatoms. The van der Waals surface area contributed by atoms with Crippen LogP contribution in [-0.4, -0.2) is 23.4 Å². The molecule has 0 radical (unpaired) electrons. The average Bonchev–Trinajstić information content (AvgIpc) is 3.01. The minimum atomic E-state index is 0.209. The normalized spacial score (nSPS) is 16.7. The standard InChI is InChI=1S/C15H19N3O2/c1-10(17-11(2)13-5-6-16-18-13)12-3-4-14-15(9-12)20-8-7-19-14/h3-6,9-11,17H,7-8H2,1-2H3,(H,16,18). The van der Waals surface area contributed by atoms with Crippen molar-refractivity contribution in [1.82, 2.24) is 15.5 Å². The van der Waals surface area contributed by atoms with E-state index in [2.05, 4.69) is 35.4 Å². The highest BCUT2D eigenvalue weighted by molar-refractivity contribution is 5.44. The Morgan fingerprint density at radius 1 is 1.10 bits per heavy atom. The average molecular weight is 273 g/mol. The van der Waals surface area contributed by atoms with Crippen LogP contribution in [0.5, 0.6) is 11.5 Å². The fourth-order valence-electron chi connectivity index (χ4n) is 2.40. The van der Waals surface area contributed by atoms with Gasteiger partial charge in [0.05, 0.1) is 5.69 Å². The Morgan fingerprint density at radius 2 is 1.90 bits per heavy atom. The lowest BCUT2D eigenvalue weighted by Crippen LogP contribution is -2.23. The van der Waals surface area contributed by atoms with Gasteiger partial charge < -0.3 is 14.8 Å². The van der Waals surface area contributed by atoms with Crippen LogP contribution in [0.3, 0.4) is 0 Å². The number of aromatic amines is 1. The molecular weight excluding hydrogens is 254 g/mol. The third-order valence-corrected chi connectivity index (χ3v) is 3.56. The van der Waals surface area contributed by atoms with Crippen LogP contribution in [0.2, 0.25) is 0 Å². The summed E-state index contributed by atoms with van der Waals surface area (Å²) in [7, 11) is 0. The number of nitrogens with zero attached hydrogens (tertiary/aromatic N) is 1. The van der Waals surface area contributed by atoms with Crippen LogP contribution in [-0.2, 0) is 0 Å². The van der Waals surface area contributed by atoms with E-state index >= 15 is 0 Å². The Morgan fingerprint density at radius 3 is 2.65 bits per heavy atom. The van der Waals surface area contributed by atoms with Crippen LogP contribution in [0.1, 0.15) is 37.2 Å². The number of nitrogens with one attached hydrogen (secondary N) is 2. The van der Waals surface area contributed by atoms with Gasteiger partial charge in [-0.1, -0.05) is 6.07 Å². The van der Waals surface area contributed by atoms with Crippen LogP contribution in [0.15, 0.2) is 30.5 Å². The molecule has 2 unspecified atom stereocenters. The number of hydrogen-bond donors (Lipinski definition) is 2. The number of rotatable bonds is 4. The molecule has 1 aromatic carbocycles. The quantitative estimate of drug-likeness (QED) is 0.899. The summed E-state index contributed by atoms with van der Waals surface area (Å²) >= 11 is 0. The van der Waals surface area contributed by atoms with Gasteiger partial charge in [0.1, 0.15) is 13.2 Å². The summed E-state index contributed by atoms with van der Waals surface area (Å²) in [6.07, 6.45) is 1.77. The summed E-state index contributed by atoms with van der Waals surface area (Å²) in [4.78, 5) is 0. The van der Waals surface area contributed by atoms with Gasteiger partial charge in [-0.2, -0.15) is 5.10 Å².